The molecule has 0 aromatic heterocycles. The van der Waals surface area contributed by atoms with Crippen LogP contribution < -0.4 is 5.73 Å². The molecule has 0 bridgehead atoms. The van der Waals surface area contributed by atoms with Gasteiger partial charge in [0.25, 0.3) is 0 Å². The summed E-state index contributed by atoms with van der Waals surface area (Å²) in [6.45, 7) is 6.87. The van der Waals surface area contributed by atoms with Crippen molar-refractivity contribution in [3.8, 4) is 0 Å². The molecule has 1 aliphatic heterocycles. The summed E-state index contributed by atoms with van der Waals surface area (Å²) >= 11 is 0. The van der Waals surface area contributed by atoms with Gasteiger partial charge < -0.3 is 10.6 Å². The van der Waals surface area contributed by atoms with Crippen LogP contribution in [0.15, 0.2) is 11.8 Å². The van der Waals surface area contributed by atoms with Crippen molar-refractivity contribution in [1.29, 1.82) is 0 Å². The Morgan fingerprint density at radius 3 is 2.50 bits per heavy atom. The summed E-state index contributed by atoms with van der Waals surface area (Å²) in [5.74, 6) is 0. The lowest BCUT2D eigenvalue weighted by Crippen LogP contribution is -2.35. The van der Waals surface area contributed by atoms with Gasteiger partial charge >= 0.3 is 0 Å². The maximum atomic E-state index is 5.98. The second-order valence-corrected chi connectivity index (χ2v) is 4.91. The predicted octanol–water partition coefficient (Wildman–Crippen LogP) is 2.11. The van der Waals surface area contributed by atoms with Gasteiger partial charge in [-0.25, -0.2) is 0 Å². The average molecular weight is 194 g/mol. The summed E-state index contributed by atoms with van der Waals surface area (Å²) in [5, 5.41) is 0. The fraction of sp³-hybridized carbons (Fsp3) is 0.833. The standard InChI is InChI=1S/C12H22N2/c1-3-4-10(2)14-7-5-12(6-8-14)9-11(12)13/h4,11H,3,5-9,13H2,1-2H3/b10-4+. The van der Waals surface area contributed by atoms with Crippen LogP contribution in [0.1, 0.15) is 39.5 Å². The third-order valence-electron chi connectivity index (χ3n) is 4.01. The van der Waals surface area contributed by atoms with Crippen molar-refractivity contribution in [1.82, 2.24) is 4.90 Å². The highest BCUT2D eigenvalue weighted by molar-refractivity contribution is 5.10. The van der Waals surface area contributed by atoms with E-state index < -0.39 is 0 Å². The topological polar surface area (TPSA) is 29.3 Å². The Morgan fingerprint density at radius 2 is 2.07 bits per heavy atom. The van der Waals surface area contributed by atoms with Crippen LogP contribution in [0.5, 0.6) is 0 Å². The highest BCUT2D eigenvalue weighted by Crippen LogP contribution is 2.52. The fourth-order valence-corrected chi connectivity index (χ4v) is 2.68. The van der Waals surface area contributed by atoms with Gasteiger partial charge in [0.1, 0.15) is 0 Å². The van der Waals surface area contributed by atoms with E-state index in [4.69, 9.17) is 5.73 Å². The van der Waals surface area contributed by atoms with Crippen LogP contribution in [0.2, 0.25) is 0 Å². The minimum absolute atomic E-state index is 0.514. The van der Waals surface area contributed by atoms with Crippen molar-refractivity contribution in [2.75, 3.05) is 13.1 Å². The third-order valence-corrected chi connectivity index (χ3v) is 4.01. The largest absolute Gasteiger partial charge is 0.375 e. The fourth-order valence-electron chi connectivity index (χ4n) is 2.68. The molecule has 2 N–H and O–H groups in total. The molecule has 1 unspecified atom stereocenters. The minimum atomic E-state index is 0.514. The van der Waals surface area contributed by atoms with Crippen LogP contribution in [0.25, 0.3) is 0 Å². The quantitative estimate of drug-likeness (QED) is 0.729. The zero-order chi connectivity index (χ0) is 10.2. The molecule has 2 nitrogen and oxygen atoms in total. The van der Waals surface area contributed by atoms with E-state index in [1.165, 1.54) is 38.0 Å². The summed E-state index contributed by atoms with van der Waals surface area (Å²) in [5.41, 5.74) is 7.99. The second kappa shape index (κ2) is 3.58. The molecule has 2 aliphatic rings. The molecule has 1 saturated carbocycles. The molecule has 14 heavy (non-hydrogen) atoms. The van der Waals surface area contributed by atoms with Crippen LogP contribution in [0.3, 0.4) is 0 Å². The van der Waals surface area contributed by atoms with Crippen LogP contribution in [0, 0.1) is 5.41 Å². The molecule has 1 aliphatic carbocycles. The number of allylic oxidation sites excluding steroid dienone is 2. The van der Waals surface area contributed by atoms with Crippen molar-refractivity contribution in [3.05, 3.63) is 11.8 Å². The van der Waals surface area contributed by atoms with E-state index in [0.717, 1.165) is 6.42 Å². The van der Waals surface area contributed by atoms with E-state index in [2.05, 4.69) is 24.8 Å². The van der Waals surface area contributed by atoms with E-state index in [1.807, 2.05) is 0 Å². The number of nitrogens with two attached hydrogens (primary N) is 1. The SMILES string of the molecule is CC/C=C(\C)N1CCC2(CC1)CC2N. The van der Waals surface area contributed by atoms with Crippen LogP contribution >= 0.6 is 0 Å². The highest BCUT2D eigenvalue weighted by atomic mass is 15.1. The van der Waals surface area contributed by atoms with Crippen LogP contribution in [-0.4, -0.2) is 24.0 Å². The third kappa shape index (κ3) is 1.68. The summed E-state index contributed by atoms with van der Waals surface area (Å²) in [6.07, 6.45) is 7.36. The van der Waals surface area contributed by atoms with Gasteiger partial charge in [0, 0.05) is 24.8 Å². The molecule has 2 fully saturated rings. The monoisotopic (exact) mass is 194 g/mol. The van der Waals surface area contributed by atoms with Crippen molar-refractivity contribution < 1.29 is 0 Å². The van der Waals surface area contributed by atoms with E-state index in [1.54, 1.807) is 0 Å². The summed E-state index contributed by atoms with van der Waals surface area (Å²) < 4.78 is 0. The first-order valence-electron chi connectivity index (χ1n) is 5.85. The minimum Gasteiger partial charge on any atom is -0.375 e. The lowest BCUT2D eigenvalue weighted by atomic mass is 9.92. The zero-order valence-corrected chi connectivity index (χ0v) is 9.42. The maximum absolute atomic E-state index is 5.98. The van der Waals surface area contributed by atoms with Gasteiger partial charge in [-0.05, 0) is 38.0 Å². The first-order valence-corrected chi connectivity index (χ1v) is 5.85. The van der Waals surface area contributed by atoms with Crippen LogP contribution in [0.4, 0.5) is 0 Å². The summed E-state index contributed by atoms with van der Waals surface area (Å²) in [7, 11) is 0. The van der Waals surface area contributed by atoms with E-state index in [-0.39, 0.29) is 0 Å². The van der Waals surface area contributed by atoms with E-state index in [0.29, 0.717) is 11.5 Å². The van der Waals surface area contributed by atoms with Gasteiger partial charge in [0.2, 0.25) is 0 Å². The first kappa shape index (κ1) is 10.0. The molecule has 0 aromatic rings. The Bertz CT molecular complexity index is 237. The van der Waals surface area contributed by atoms with Gasteiger partial charge in [-0.2, -0.15) is 0 Å². The van der Waals surface area contributed by atoms with E-state index in [9.17, 15) is 0 Å². The summed E-state index contributed by atoms with van der Waals surface area (Å²) in [4.78, 5) is 2.51. The molecule has 1 atom stereocenters. The molecule has 2 heteroatoms. The molecular formula is C12H22N2. The summed E-state index contributed by atoms with van der Waals surface area (Å²) in [6, 6.07) is 0.514. The first-order chi connectivity index (χ1) is 6.68. The van der Waals surface area contributed by atoms with Gasteiger partial charge in [-0.3, -0.25) is 0 Å². The van der Waals surface area contributed by atoms with Crippen molar-refractivity contribution in [3.63, 3.8) is 0 Å². The Morgan fingerprint density at radius 1 is 1.50 bits per heavy atom. The Labute approximate surface area is 87.2 Å². The second-order valence-electron chi connectivity index (χ2n) is 4.91. The van der Waals surface area contributed by atoms with E-state index >= 15 is 0 Å². The molecule has 80 valence electrons. The number of rotatable bonds is 2. The molecule has 1 spiro atoms. The number of piperidine rings is 1. The smallest absolute Gasteiger partial charge is 0.0180 e. The lowest BCUT2D eigenvalue weighted by molar-refractivity contribution is 0.208. The zero-order valence-electron chi connectivity index (χ0n) is 9.42. The maximum Gasteiger partial charge on any atom is 0.0180 e. The Kier molecular flexibility index (Phi) is 2.56. The molecule has 1 saturated heterocycles. The Hall–Kier alpha value is -0.500. The van der Waals surface area contributed by atoms with Gasteiger partial charge in [0.05, 0.1) is 0 Å². The molecule has 1 heterocycles. The van der Waals surface area contributed by atoms with Crippen LogP contribution in [-0.2, 0) is 0 Å². The normalized spacial score (nSPS) is 30.9. The number of hydrogen-bond acceptors (Lipinski definition) is 2. The molecule has 0 amide bonds. The molecular weight excluding hydrogens is 172 g/mol. The highest BCUT2D eigenvalue weighted by Gasteiger charge is 2.52. The average Bonchev–Trinajstić information content (AvgIpc) is 2.78. The molecule has 2 rings (SSSR count). The molecule has 0 radical (unpaired) electrons. The number of hydrogen-bond donors (Lipinski definition) is 1. The van der Waals surface area contributed by atoms with Crippen molar-refractivity contribution in [2.24, 2.45) is 11.1 Å². The van der Waals surface area contributed by atoms with Gasteiger partial charge in [0.15, 0.2) is 0 Å². The van der Waals surface area contributed by atoms with Crippen molar-refractivity contribution >= 4 is 0 Å². The van der Waals surface area contributed by atoms with Crippen molar-refractivity contribution in [2.45, 2.75) is 45.6 Å². The lowest BCUT2D eigenvalue weighted by Gasteiger charge is -2.34. The predicted molar refractivity (Wildman–Crippen MR) is 59.9 cm³/mol. The van der Waals surface area contributed by atoms with Gasteiger partial charge in [-0.1, -0.05) is 13.0 Å². The number of nitrogens with zero attached hydrogens (tertiary/aromatic N) is 1. The van der Waals surface area contributed by atoms with Gasteiger partial charge in [-0.15, -0.1) is 0 Å². The molecule has 0 aromatic carbocycles. The number of likely N-dealkylation sites (tertiary alicyclic amines) is 1. The Balaban J connectivity index is 1.87.